The Morgan fingerprint density at radius 2 is 2.38 bits per heavy atom. The van der Waals surface area contributed by atoms with Crippen LogP contribution in [0.15, 0.2) is 30.9 Å². The zero-order valence-electron chi connectivity index (χ0n) is 9.05. The van der Waals surface area contributed by atoms with Gasteiger partial charge in [0.15, 0.2) is 5.75 Å². The third-order valence-electron chi connectivity index (χ3n) is 2.25. The van der Waals surface area contributed by atoms with Gasteiger partial charge in [-0.25, -0.2) is 0 Å². The predicted molar refractivity (Wildman–Crippen MR) is 61.4 cm³/mol. The molecule has 0 radical (unpaired) electrons. The SMILES string of the molecule is C=CC[C@@H](N)c1ccc(OC)c([N+](=O)[O-])c1. The predicted octanol–water partition coefficient (Wildman–Crippen LogP) is 2.18. The standard InChI is InChI=1S/C11H14N2O3/c1-3-4-9(12)8-5-6-11(16-2)10(7-8)13(14)15/h3,5-7,9H,1,4,12H2,2H3/t9-/m1/s1. The number of benzene rings is 1. The highest BCUT2D eigenvalue weighted by atomic mass is 16.6. The third kappa shape index (κ3) is 2.58. The zero-order valence-corrected chi connectivity index (χ0v) is 9.05. The summed E-state index contributed by atoms with van der Waals surface area (Å²) < 4.78 is 4.90. The fourth-order valence-corrected chi connectivity index (χ4v) is 1.40. The van der Waals surface area contributed by atoms with Crippen LogP contribution < -0.4 is 10.5 Å². The molecule has 0 amide bonds. The Kier molecular flexibility index (Phi) is 4.02. The van der Waals surface area contributed by atoms with E-state index in [1.165, 1.54) is 13.2 Å². The lowest BCUT2D eigenvalue weighted by atomic mass is 10.0. The largest absolute Gasteiger partial charge is 0.490 e. The van der Waals surface area contributed by atoms with Gasteiger partial charge in [0.2, 0.25) is 0 Å². The lowest BCUT2D eigenvalue weighted by molar-refractivity contribution is -0.385. The van der Waals surface area contributed by atoms with Gasteiger partial charge in [0.05, 0.1) is 12.0 Å². The van der Waals surface area contributed by atoms with Crippen molar-refractivity contribution in [3.05, 3.63) is 46.5 Å². The maximum absolute atomic E-state index is 10.8. The Morgan fingerprint density at radius 1 is 1.69 bits per heavy atom. The minimum absolute atomic E-state index is 0.0699. The molecule has 0 heterocycles. The topological polar surface area (TPSA) is 78.4 Å². The summed E-state index contributed by atoms with van der Waals surface area (Å²) >= 11 is 0. The van der Waals surface area contributed by atoms with Gasteiger partial charge >= 0.3 is 5.69 Å². The number of hydrogen-bond acceptors (Lipinski definition) is 4. The first-order chi connectivity index (χ1) is 7.60. The van der Waals surface area contributed by atoms with E-state index in [2.05, 4.69) is 6.58 Å². The number of nitrogens with two attached hydrogens (primary N) is 1. The average Bonchev–Trinajstić information content (AvgIpc) is 2.28. The van der Waals surface area contributed by atoms with Gasteiger partial charge in [0, 0.05) is 12.1 Å². The van der Waals surface area contributed by atoms with Crippen molar-refractivity contribution in [2.45, 2.75) is 12.5 Å². The molecule has 1 aromatic carbocycles. The Hall–Kier alpha value is -1.88. The molecule has 0 saturated heterocycles. The molecule has 0 aliphatic heterocycles. The minimum Gasteiger partial charge on any atom is -0.490 e. The van der Waals surface area contributed by atoms with Gasteiger partial charge in [-0.2, -0.15) is 0 Å². The van der Waals surface area contributed by atoms with Crippen molar-refractivity contribution in [2.24, 2.45) is 5.73 Å². The van der Waals surface area contributed by atoms with E-state index in [-0.39, 0.29) is 17.5 Å². The number of nitro groups is 1. The van der Waals surface area contributed by atoms with E-state index in [0.717, 1.165) is 0 Å². The number of methoxy groups -OCH3 is 1. The molecule has 2 N–H and O–H groups in total. The van der Waals surface area contributed by atoms with Crippen LogP contribution in [0.25, 0.3) is 0 Å². The van der Waals surface area contributed by atoms with Gasteiger partial charge < -0.3 is 10.5 Å². The summed E-state index contributed by atoms with van der Waals surface area (Å²) in [6.45, 7) is 3.58. The molecule has 1 rings (SSSR count). The molecule has 0 unspecified atom stereocenters. The van der Waals surface area contributed by atoms with Crippen molar-refractivity contribution in [1.82, 2.24) is 0 Å². The molecule has 0 fully saturated rings. The molecule has 1 aromatic rings. The Balaban J connectivity index is 3.11. The van der Waals surface area contributed by atoms with E-state index in [0.29, 0.717) is 12.0 Å². The highest BCUT2D eigenvalue weighted by molar-refractivity contribution is 5.49. The second kappa shape index (κ2) is 5.27. The van der Waals surface area contributed by atoms with Crippen LogP contribution >= 0.6 is 0 Å². The normalized spacial score (nSPS) is 11.9. The van der Waals surface area contributed by atoms with Crippen molar-refractivity contribution in [1.29, 1.82) is 0 Å². The molecule has 0 spiro atoms. The first-order valence-corrected chi connectivity index (χ1v) is 4.79. The Morgan fingerprint density at radius 3 is 2.88 bits per heavy atom. The van der Waals surface area contributed by atoms with Gasteiger partial charge in [0.25, 0.3) is 0 Å². The summed E-state index contributed by atoms with van der Waals surface area (Å²) in [6, 6.07) is 4.44. The van der Waals surface area contributed by atoms with Gasteiger partial charge in [0.1, 0.15) is 0 Å². The second-order valence-electron chi connectivity index (χ2n) is 3.32. The van der Waals surface area contributed by atoms with Crippen LogP contribution in [0, 0.1) is 10.1 Å². The Labute approximate surface area is 93.7 Å². The first kappa shape index (κ1) is 12.2. The molecule has 16 heavy (non-hydrogen) atoms. The van der Waals surface area contributed by atoms with Gasteiger partial charge in [-0.05, 0) is 18.1 Å². The van der Waals surface area contributed by atoms with Crippen LogP contribution in [0.2, 0.25) is 0 Å². The zero-order chi connectivity index (χ0) is 12.1. The number of hydrogen-bond donors (Lipinski definition) is 1. The number of ether oxygens (including phenoxy) is 1. The van der Waals surface area contributed by atoms with E-state index in [4.69, 9.17) is 10.5 Å². The monoisotopic (exact) mass is 222 g/mol. The molecule has 0 aliphatic rings. The van der Waals surface area contributed by atoms with Crippen LogP contribution in [0.1, 0.15) is 18.0 Å². The van der Waals surface area contributed by atoms with Gasteiger partial charge in [-0.1, -0.05) is 12.1 Å². The molecule has 5 nitrogen and oxygen atoms in total. The van der Waals surface area contributed by atoms with Crippen molar-refractivity contribution in [3.63, 3.8) is 0 Å². The maximum atomic E-state index is 10.8. The summed E-state index contributed by atoms with van der Waals surface area (Å²) in [5.41, 5.74) is 6.46. The number of nitrogens with zero attached hydrogens (tertiary/aromatic N) is 1. The summed E-state index contributed by atoms with van der Waals surface area (Å²) in [5, 5.41) is 10.8. The highest BCUT2D eigenvalue weighted by Crippen LogP contribution is 2.29. The molecule has 0 aliphatic carbocycles. The average molecular weight is 222 g/mol. The first-order valence-electron chi connectivity index (χ1n) is 4.79. The molecule has 5 heteroatoms. The second-order valence-corrected chi connectivity index (χ2v) is 3.32. The summed E-state index contributed by atoms with van der Waals surface area (Å²) in [6.07, 6.45) is 2.25. The lowest BCUT2D eigenvalue weighted by Gasteiger charge is -2.10. The quantitative estimate of drug-likeness (QED) is 0.470. The molecule has 1 atom stereocenters. The van der Waals surface area contributed by atoms with Crippen LogP contribution in [0.5, 0.6) is 5.75 Å². The van der Waals surface area contributed by atoms with E-state index in [1.807, 2.05) is 0 Å². The van der Waals surface area contributed by atoms with E-state index >= 15 is 0 Å². The fourth-order valence-electron chi connectivity index (χ4n) is 1.40. The molecule has 86 valence electrons. The molecule has 0 bridgehead atoms. The number of rotatable bonds is 5. The van der Waals surface area contributed by atoms with Crippen molar-refractivity contribution < 1.29 is 9.66 Å². The fraction of sp³-hybridized carbons (Fsp3) is 0.273. The highest BCUT2D eigenvalue weighted by Gasteiger charge is 2.17. The van der Waals surface area contributed by atoms with E-state index in [9.17, 15) is 10.1 Å². The smallest absolute Gasteiger partial charge is 0.311 e. The van der Waals surface area contributed by atoms with Crippen molar-refractivity contribution in [2.75, 3.05) is 7.11 Å². The molecule has 0 aromatic heterocycles. The van der Waals surface area contributed by atoms with Crippen LogP contribution in [0.3, 0.4) is 0 Å². The van der Waals surface area contributed by atoms with E-state index < -0.39 is 4.92 Å². The van der Waals surface area contributed by atoms with Crippen LogP contribution in [-0.4, -0.2) is 12.0 Å². The van der Waals surface area contributed by atoms with Crippen LogP contribution in [-0.2, 0) is 0 Å². The van der Waals surface area contributed by atoms with Crippen molar-refractivity contribution in [3.8, 4) is 5.75 Å². The lowest BCUT2D eigenvalue weighted by Crippen LogP contribution is -2.09. The number of nitro benzene ring substituents is 1. The molecule has 0 saturated carbocycles. The molecular weight excluding hydrogens is 208 g/mol. The summed E-state index contributed by atoms with van der Waals surface area (Å²) in [4.78, 5) is 10.3. The summed E-state index contributed by atoms with van der Waals surface area (Å²) in [5.74, 6) is 0.236. The minimum atomic E-state index is -0.483. The molecular formula is C11H14N2O3. The van der Waals surface area contributed by atoms with Gasteiger partial charge in [-0.3, -0.25) is 10.1 Å². The maximum Gasteiger partial charge on any atom is 0.311 e. The van der Waals surface area contributed by atoms with Crippen molar-refractivity contribution >= 4 is 5.69 Å². The van der Waals surface area contributed by atoms with Crippen LogP contribution in [0.4, 0.5) is 5.69 Å². The van der Waals surface area contributed by atoms with Gasteiger partial charge in [-0.15, -0.1) is 6.58 Å². The Bertz CT molecular complexity index is 404. The summed E-state index contributed by atoms with van der Waals surface area (Å²) in [7, 11) is 1.39. The third-order valence-corrected chi connectivity index (χ3v) is 2.25. The van der Waals surface area contributed by atoms with E-state index in [1.54, 1.807) is 18.2 Å².